The van der Waals surface area contributed by atoms with Crippen LogP contribution in [0.1, 0.15) is 34.7 Å². The number of methoxy groups -OCH3 is 1. The van der Waals surface area contributed by atoms with Crippen molar-refractivity contribution in [2.45, 2.75) is 19.5 Å². The Morgan fingerprint density at radius 1 is 1.06 bits per heavy atom. The first-order valence-electron chi connectivity index (χ1n) is 9.81. The van der Waals surface area contributed by atoms with E-state index in [1.54, 1.807) is 31.4 Å². The smallest absolute Gasteiger partial charge is 0.251 e. The van der Waals surface area contributed by atoms with Crippen LogP contribution in [0.25, 0.3) is 11.0 Å². The van der Waals surface area contributed by atoms with Crippen molar-refractivity contribution in [3.05, 3.63) is 93.7 Å². The number of imidazole rings is 1. The van der Waals surface area contributed by atoms with Gasteiger partial charge in [-0.3, -0.25) is 4.79 Å². The summed E-state index contributed by atoms with van der Waals surface area (Å²) in [5.74, 6) is 1.13. The minimum atomic E-state index is -0.354. The van der Waals surface area contributed by atoms with Crippen LogP contribution < -0.4 is 10.1 Å². The minimum Gasteiger partial charge on any atom is -0.497 e. The first-order valence-corrected chi connectivity index (χ1v) is 10.6. The van der Waals surface area contributed by atoms with Crippen LogP contribution in [0, 0.1) is 0 Å². The third-order valence-electron chi connectivity index (χ3n) is 5.13. The monoisotopic (exact) mass is 453 g/mol. The van der Waals surface area contributed by atoms with E-state index in [4.69, 9.17) is 32.9 Å². The van der Waals surface area contributed by atoms with Gasteiger partial charge in [-0.15, -0.1) is 0 Å². The number of nitrogens with zero attached hydrogens (tertiary/aromatic N) is 2. The molecule has 158 valence electrons. The summed E-state index contributed by atoms with van der Waals surface area (Å²) in [7, 11) is 1.57. The maximum atomic E-state index is 12.8. The van der Waals surface area contributed by atoms with Crippen LogP contribution in [0.5, 0.6) is 5.75 Å². The zero-order chi connectivity index (χ0) is 22.0. The molecule has 4 aromatic rings. The van der Waals surface area contributed by atoms with Gasteiger partial charge in [-0.25, -0.2) is 4.98 Å². The van der Waals surface area contributed by atoms with E-state index in [9.17, 15) is 4.79 Å². The molecule has 0 aliphatic heterocycles. The molecule has 0 saturated carbocycles. The number of amides is 1. The van der Waals surface area contributed by atoms with E-state index < -0.39 is 0 Å². The summed E-state index contributed by atoms with van der Waals surface area (Å²) in [6.07, 6.45) is 0. The fourth-order valence-corrected chi connectivity index (χ4v) is 4.06. The predicted molar refractivity (Wildman–Crippen MR) is 124 cm³/mol. The SMILES string of the molecule is COc1cccc(C(=O)NC(C)c2nc3ccccc3n2Cc2c(Cl)cccc2Cl)c1. The zero-order valence-corrected chi connectivity index (χ0v) is 18.6. The highest BCUT2D eigenvalue weighted by molar-refractivity contribution is 6.36. The Labute approximate surface area is 190 Å². The highest BCUT2D eigenvalue weighted by Gasteiger charge is 2.20. The number of nitrogens with one attached hydrogen (secondary N) is 1. The third kappa shape index (κ3) is 4.38. The number of aromatic nitrogens is 2. The highest BCUT2D eigenvalue weighted by atomic mass is 35.5. The number of halogens is 2. The van der Waals surface area contributed by atoms with Crippen LogP contribution >= 0.6 is 23.2 Å². The summed E-state index contributed by atoms with van der Waals surface area (Å²) < 4.78 is 7.26. The van der Waals surface area contributed by atoms with Crippen LogP contribution in [0.4, 0.5) is 0 Å². The van der Waals surface area contributed by atoms with E-state index >= 15 is 0 Å². The van der Waals surface area contributed by atoms with Crippen molar-refractivity contribution >= 4 is 40.1 Å². The van der Waals surface area contributed by atoms with Gasteiger partial charge in [0.2, 0.25) is 0 Å². The molecule has 4 rings (SSSR count). The van der Waals surface area contributed by atoms with E-state index in [2.05, 4.69) is 5.32 Å². The fourth-order valence-electron chi connectivity index (χ4n) is 3.54. The first kappa shape index (κ1) is 21.2. The summed E-state index contributed by atoms with van der Waals surface area (Å²) in [6, 6.07) is 20.0. The minimum absolute atomic E-state index is 0.208. The average Bonchev–Trinajstić information content (AvgIpc) is 3.15. The fraction of sp³-hybridized carbons (Fsp3) is 0.167. The van der Waals surface area contributed by atoms with Gasteiger partial charge < -0.3 is 14.6 Å². The Hall–Kier alpha value is -3.02. The number of carbonyl (C=O) groups is 1. The van der Waals surface area contributed by atoms with Crippen molar-refractivity contribution in [1.82, 2.24) is 14.9 Å². The van der Waals surface area contributed by atoms with E-state index in [1.165, 1.54) is 0 Å². The van der Waals surface area contributed by atoms with Crippen molar-refractivity contribution < 1.29 is 9.53 Å². The van der Waals surface area contributed by atoms with E-state index in [0.717, 1.165) is 16.6 Å². The number of carbonyl (C=O) groups excluding carboxylic acids is 1. The number of para-hydroxylation sites is 2. The second-order valence-electron chi connectivity index (χ2n) is 7.17. The predicted octanol–water partition coefficient (Wildman–Crippen LogP) is 5.89. The van der Waals surface area contributed by atoms with Crippen LogP contribution in [0.2, 0.25) is 10.0 Å². The molecule has 0 aliphatic rings. The van der Waals surface area contributed by atoms with E-state index in [0.29, 0.717) is 33.7 Å². The van der Waals surface area contributed by atoms with Crippen molar-refractivity contribution in [2.75, 3.05) is 7.11 Å². The summed E-state index contributed by atoms with van der Waals surface area (Å²) in [5.41, 5.74) is 3.10. The Morgan fingerprint density at radius 2 is 1.77 bits per heavy atom. The molecule has 0 saturated heterocycles. The molecule has 3 aromatic carbocycles. The average molecular weight is 454 g/mol. The lowest BCUT2D eigenvalue weighted by Gasteiger charge is -2.18. The lowest BCUT2D eigenvalue weighted by molar-refractivity contribution is 0.0937. The summed E-state index contributed by atoms with van der Waals surface area (Å²) in [5, 5.41) is 4.21. The quantitative estimate of drug-likeness (QED) is 0.395. The van der Waals surface area contributed by atoms with Gasteiger partial charge in [0.25, 0.3) is 5.91 Å². The lowest BCUT2D eigenvalue weighted by atomic mass is 10.1. The summed E-state index contributed by atoms with van der Waals surface area (Å²) >= 11 is 12.8. The molecule has 0 fully saturated rings. The Kier molecular flexibility index (Phi) is 6.16. The molecule has 0 spiro atoms. The van der Waals surface area contributed by atoms with Gasteiger partial charge in [0.15, 0.2) is 0 Å². The molecule has 0 bridgehead atoms. The standard InChI is InChI=1S/C24H21Cl2N3O2/c1-15(27-24(30)16-7-5-8-17(13-16)31-2)23-28-21-11-3-4-12-22(21)29(23)14-18-19(25)9-6-10-20(18)26/h3-13,15H,14H2,1-2H3,(H,27,30). The molecular weight excluding hydrogens is 433 g/mol. The Bertz CT molecular complexity index is 1230. The number of hydrogen-bond acceptors (Lipinski definition) is 3. The van der Waals surface area contributed by atoms with Gasteiger partial charge in [0, 0.05) is 21.2 Å². The highest BCUT2D eigenvalue weighted by Crippen LogP contribution is 2.29. The zero-order valence-electron chi connectivity index (χ0n) is 17.1. The molecule has 1 aromatic heterocycles. The molecule has 0 aliphatic carbocycles. The Morgan fingerprint density at radius 3 is 2.52 bits per heavy atom. The number of rotatable bonds is 6. The molecule has 7 heteroatoms. The Balaban J connectivity index is 1.70. The third-order valence-corrected chi connectivity index (χ3v) is 5.84. The second-order valence-corrected chi connectivity index (χ2v) is 7.99. The molecule has 1 atom stereocenters. The summed E-state index contributed by atoms with van der Waals surface area (Å²) in [6.45, 7) is 2.34. The molecule has 1 heterocycles. The number of fused-ring (bicyclic) bond motifs is 1. The normalized spacial score (nSPS) is 12.0. The molecule has 1 amide bonds. The molecule has 1 N–H and O–H groups in total. The van der Waals surface area contributed by atoms with Gasteiger partial charge in [-0.1, -0.05) is 47.5 Å². The largest absolute Gasteiger partial charge is 0.497 e. The van der Waals surface area contributed by atoms with Crippen molar-refractivity contribution in [3.8, 4) is 5.75 Å². The molecular formula is C24H21Cl2N3O2. The van der Waals surface area contributed by atoms with Crippen LogP contribution in [-0.2, 0) is 6.54 Å². The van der Waals surface area contributed by atoms with E-state index in [1.807, 2.05) is 54.0 Å². The lowest BCUT2D eigenvalue weighted by Crippen LogP contribution is -2.29. The van der Waals surface area contributed by atoms with E-state index in [-0.39, 0.29) is 11.9 Å². The maximum Gasteiger partial charge on any atom is 0.251 e. The number of hydrogen-bond donors (Lipinski definition) is 1. The maximum absolute atomic E-state index is 12.8. The number of benzene rings is 3. The van der Waals surface area contributed by atoms with Crippen molar-refractivity contribution in [2.24, 2.45) is 0 Å². The molecule has 31 heavy (non-hydrogen) atoms. The van der Waals surface area contributed by atoms with Crippen molar-refractivity contribution in [1.29, 1.82) is 0 Å². The van der Waals surface area contributed by atoms with Gasteiger partial charge in [-0.2, -0.15) is 0 Å². The van der Waals surface area contributed by atoms with Crippen molar-refractivity contribution in [3.63, 3.8) is 0 Å². The van der Waals surface area contributed by atoms with Gasteiger partial charge in [0.1, 0.15) is 11.6 Å². The molecule has 1 unspecified atom stereocenters. The number of ether oxygens (including phenoxy) is 1. The summed E-state index contributed by atoms with van der Waals surface area (Å²) in [4.78, 5) is 17.6. The van der Waals surface area contributed by atoms with Gasteiger partial charge >= 0.3 is 0 Å². The van der Waals surface area contributed by atoms with Crippen LogP contribution in [-0.4, -0.2) is 22.6 Å². The van der Waals surface area contributed by atoms with Gasteiger partial charge in [0.05, 0.1) is 30.7 Å². The van der Waals surface area contributed by atoms with Crippen LogP contribution in [0.3, 0.4) is 0 Å². The molecule has 0 radical (unpaired) electrons. The molecule has 5 nitrogen and oxygen atoms in total. The first-order chi connectivity index (χ1) is 15.0. The van der Waals surface area contributed by atoms with Gasteiger partial charge in [-0.05, 0) is 49.4 Å². The topological polar surface area (TPSA) is 56.1 Å². The van der Waals surface area contributed by atoms with Crippen LogP contribution in [0.15, 0.2) is 66.7 Å². The second kappa shape index (κ2) is 9.00.